The number of nitro benzene ring substituents is 1. The third-order valence-corrected chi connectivity index (χ3v) is 4.92. The van der Waals surface area contributed by atoms with Gasteiger partial charge >= 0.3 is 5.69 Å². The predicted molar refractivity (Wildman–Crippen MR) is 98.5 cm³/mol. The molecule has 3 aromatic carbocycles. The molecule has 27 heavy (non-hydrogen) atoms. The van der Waals surface area contributed by atoms with Crippen molar-refractivity contribution in [1.29, 1.82) is 0 Å². The number of phenols is 1. The number of nitrogens with one attached hydrogen (secondary N) is 1. The minimum absolute atomic E-state index is 0.164. The number of nitro groups is 1. The highest BCUT2D eigenvalue weighted by molar-refractivity contribution is 7.92. The Hall–Kier alpha value is -3.59. The number of anilines is 1. The Balaban J connectivity index is 1.93. The van der Waals surface area contributed by atoms with Crippen molar-refractivity contribution < 1.29 is 23.2 Å². The van der Waals surface area contributed by atoms with Crippen LogP contribution in [0.15, 0.2) is 77.7 Å². The summed E-state index contributed by atoms with van der Waals surface area (Å²) in [7, 11) is -4.15. The molecule has 0 bridgehead atoms. The number of phenolic OH excluding ortho intramolecular Hbond substituents is 1. The van der Waals surface area contributed by atoms with Gasteiger partial charge in [-0.05, 0) is 36.4 Å². The molecule has 0 amide bonds. The van der Waals surface area contributed by atoms with E-state index in [1.54, 1.807) is 42.5 Å². The summed E-state index contributed by atoms with van der Waals surface area (Å²) in [5, 5.41) is 20.4. The molecule has 0 aliphatic rings. The van der Waals surface area contributed by atoms with Crippen molar-refractivity contribution in [1.82, 2.24) is 0 Å². The van der Waals surface area contributed by atoms with Gasteiger partial charge in [0.25, 0.3) is 10.0 Å². The van der Waals surface area contributed by atoms with Crippen LogP contribution in [-0.2, 0) is 10.0 Å². The van der Waals surface area contributed by atoms with Crippen LogP contribution >= 0.6 is 0 Å². The molecule has 0 spiro atoms. The fourth-order valence-electron chi connectivity index (χ4n) is 2.28. The van der Waals surface area contributed by atoms with Crippen LogP contribution < -0.4 is 9.46 Å². The van der Waals surface area contributed by atoms with Crippen LogP contribution in [0.5, 0.6) is 17.2 Å². The van der Waals surface area contributed by atoms with E-state index in [1.165, 1.54) is 6.07 Å². The minimum atomic E-state index is -4.15. The molecule has 0 saturated carbocycles. The summed E-state index contributed by atoms with van der Waals surface area (Å²) in [6, 6.07) is 18.0. The second kappa shape index (κ2) is 7.34. The number of hydrogen-bond donors (Lipinski definition) is 2. The zero-order valence-electron chi connectivity index (χ0n) is 13.8. The molecule has 0 heterocycles. The number of nitrogens with zero attached hydrogens (tertiary/aromatic N) is 1. The number of ether oxygens (including phenoxy) is 1. The van der Waals surface area contributed by atoms with Crippen LogP contribution in [0.3, 0.4) is 0 Å². The number of hydrogen-bond acceptors (Lipinski definition) is 6. The maximum Gasteiger partial charge on any atom is 0.312 e. The lowest BCUT2D eigenvalue weighted by atomic mass is 10.3. The normalized spacial score (nSPS) is 11.0. The number of aromatic hydroxyl groups is 1. The molecule has 0 unspecified atom stereocenters. The van der Waals surface area contributed by atoms with E-state index < -0.39 is 26.4 Å². The summed E-state index contributed by atoms with van der Waals surface area (Å²) in [6.45, 7) is 0. The minimum Gasteiger partial charge on any atom is -0.502 e. The third kappa shape index (κ3) is 4.15. The van der Waals surface area contributed by atoms with Crippen LogP contribution in [0.4, 0.5) is 11.4 Å². The van der Waals surface area contributed by atoms with E-state index >= 15 is 0 Å². The first-order valence-electron chi connectivity index (χ1n) is 7.69. The third-order valence-electron chi connectivity index (χ3n) is 3.56. The monoisotopic (exact) mass is 386 g/mol. The van der Waals surface area contributed by atoms with Crippen molar-refractivity contribution in [2.24, 2.45) is 0 Å². The van der Waals surface area contributed by atoms with E-state index in [9.17, 15) is 23.6 Å². The highest BCUT2D eigenvalue weighted by Gasteiger charge is 2.22. The molecule has 8 nitrogen and oxygen atoms in total. The van der Waals surface area contributed by atoms with Crippen molar-refractivity contribution >= 4 is 21.4 Å². The van der Waals surface area contributed by atoms with Crippen LogP contribution in [-0.4, -0.2) is 18.4 Å². The van der Waals surface area contributed by atoms with Gasteiger partial charge in [0.05, 0.1) is 15.5 Å². The second-order valence-corrected chi connectivity index (χ2v) is 7.11. The average molecular weight is 386 g/mol. The lowest BCUT2D eigenvalue weighted by molar-refractivity contribution is -0.386. The Morgan fingerprint density at radius 1 is 0.963 bits per heavy atom. The molecule has 0 saturated heterocycles. The van der Waals surface area contributed by atoms with E-state index in [2.05, 4.69) is 4.72 Å². The van der Waals surface area contributed by atoms with E-state index in [4.69, 9.17) is 4.74 Å². The maximum absolute atomic E-state index is 12.6. The van der Waals surface area contributed by atoms with Gasteiger partial charge in [-0.3, -0.25) is 14.8 Å². The maximum atomic E-state index is 12.6. The van der Waals surface area contributed by atoms with Crippen molar-refractivity contribution in [2.45, 2.75) is 4.90 Å². The molecule has 9 heteroatoms. The zero-order chi connectivity index (χ0) is 19.4. The van der Waals surface area contributed by atoms with Gasteiger partial charge in [-0.25, -0.2) is 8.42 Å². The quantitative estimate of drug-likeness (QED) is 0.490. The van der Waals surface area contributed by atoms with Crippen LogP contribution in [0, 0.1) is 10.1 Å². The number of benzene rings is 3. The Morgan fingerprint density at radius 3 is 2.33 bits per heavy atom. The fourth-order valence-corrected chi connectivity index (χ4v) is 3.37. The Kier molecular flexibility index (Phi) is 4.95. The molecular weight excluding hydrogens is 372 g/mol. The lowest BCUT2D eigenvalue weighted by Crippen LogP contribution is -2.13. The topological polar surface area (TPSA) is 119 Å². The first kappa shape index (κ1) is 18.2. The highest BCUT2D eigenvalue weighted by atomic mass is 32.2. The molecule has 0 aliphatic carbocycles. The molecule has 0 atom stereocenters. The van der Waals surface area contributed by atoms with Gasteiger partial charge in [0.15, 0.2) is 11.5 Å². The SMILES string of the molecule is O=[N+]([O-])c1cc(S(=O)(=O)Nc2ccccc2Oc2ccccc2)ccc1O. The largest absolute Gasteiger partial charge is 0.502 e. The van der Waals surface area contributed by atoms with Crippen LogP contribution in [0.2, 0.25) is 0 Å². The summed E-state index contributed by atoms with van der Waals surface area (Å²) < 4.78 is 33.3. The van der Waals surface area contributed by atoms with E-state index in [0.717, 1.165) is 18.2 Å². The fraction of sp³-hybridized carbons (Fsp3) is 0. The number of rotatable bonds is 6. The van der Waals surface area contributed by atoms with Gasteiger partial charge in [-0.2, -0.15) is 0 Å². The van der Waals surface area contributed by atoms with Crippen molar-refractivity contribution in [2.75, 3.05) is 4.72 Å². The smallest absolute Gasteiger partial charge is 0.312 e. The van der Waals surface area contributed by atoms with Gasteiger partial charge < -0.3 is 9.84 Å². The molecule has 3 aromatic rings. The predicted octanol–water partition coefficient (Wildman–Crippen LogP) is 3.89. The molecule has 0 aromatic heterocycles. The molecule has 3 rings (SSSR count). The lowest BCUT2D eigenvalue weighted by Gasteiger charge is -2.13. The number of sulfonamides is 1. The summed E-state index contributed by atoms with van der Waals surface area (Å²) in [5.41, 5.74) is -0.538. The van der Waals surface area contributed by atoms with Crippen molar-refractivity contribution in [3.63, 3.8) is 0 Å². The van der Waals surface area contributed by atoms with Crippen LogP contribution in [0.25, 0.3) is 0 Å². The first-order valence-corrected chi connectivity index (χ1v) is 9.17. The molecule has 2 N–H and O–H groups in total. The summed E-state index contributed by atoms with van der Waals surface area (Å²) >= 11 is 0. The number of para-hydroxylation sites is 3. The Morgan fingerprint density at radius 2 is 1.63 bits per heavy atom. The molecule has 0 radical (unpaired) electrons. The molecular formula is C18H14N2O6S. The molecule has 0 aliphatic heterocycles. The summed E-state index contributed by atoms with van der Waals surface area (Å²) in [4.78, 5) is 9.71. The van der Waals surface area contributed by atoms with Crippen LogP contribution in [0.1, 0.15) is 0 Å². The van der Waals surface area contributed by atoms with Gasteiger partial charge in [0.2, 0.25) is 0 Å². The molecule has 138 valence electrons. The first-order chi connectivity index (χ1) is 12.9. The molecule has 0 fully saturated rings. The standard InChI is InChI=1S/C18H14N2O6S/c21-17-11-10-14(12-16(17)20(22)23)27(24,25)19-15-8-4-5-9-18(15)26-13-6-2-1-3-7-13/h1-12,19,21H. The zero-order valence-corrected chi connectivity index (χ0v) is 14.6. The Labute approximate surface area is 154 Å². The summed E-state index contributed by atoms with van der Waals surface area (Å²) in [6.07, 6.45) is 0. The highest BCUT2D eigenvalue weighted by Crippen LogP contribution is 2.33. The average Bonchev–Trinajstić information content (AvgIpc) is 2.64. The van der Waals surface area contributed by atoms with E-state index in [0.29, 0.717) is 5.75 Å². The van der Waals surface area contributed by atoms with Crippen molar-refractivity contribution in [3.05, 3.63) is 82.9 Å². The van der Waals surface area contributed by atoms with Gasteiger partial charge in [-0.1, -0.05) is 30.3 Å². The van der Waals surface area contributed by atoms with Gasteiger partial charge in [0.1, 0.15) is 5.75 Å². The van der Waals surface area contributed by atoms with E-state index in [-0.39, 0.29) is 16.3 Å². The summed E-state index contributed by atoms with van der Waals surface area (Å²) in [5.74, 6) is 0.164. The van der Waals surface area contributed by atoms with E-state index in [1.807, 2.05) is 6.07 Å². The van der Waals surface area contributed by atoms with Gasteiger partial charge in [-0.15, -0.1) is 0 Å². The second-order valence-electron chi connectivity index (χ2n) is 5.42. The Bertz CT molecular complexity index is 1080. The van der Waals surface area contributed by atoms with Gasteiger partial charge in [0, 0.05) is 6.07 Å². The van der Waals surface area contributed by atoms with Crippen molar-refractivity contribution in [3.8, 4) is 17.2 Å².